The Labute approximate surface area is 89.4 Å². The molecule has 2 fully saturated rings. The minimum atomic E-state index is -0.680. The van der Waals surface area contributed by atoms with E-state index in [0.717, 1.165) is 39.3 Å². The SMILES string of the molecule is O=C(O)[C@@H]1CNC[C@H](N2CCOCC2)C1. The van der Waals surface area contributed by atoms with Gasteiger partial charge in [-0.1, -0.05) is 0 Å². The molecule has 0 aromatic carbocycles. The summed E-state index contributed by atoms with van der Waals surface area (Å²) < 4.78 is 5.29. The van der Waals surface area contributed by atoms with Crippen molar-refractivity contribution in [1.82, 2.24) is 10.2 Å². The molecule has 2 rings (SSSR count). The predicted octanol–water partition coefficient (Wildman–Crippen LogP) is -0.619. The van der Waals surface area contributed by atoms with E-state index in [1.54, 1.807) is 0 Å². The van der Waals surface area contributed by atoms with Gasteiger partial charge in [0.1, 0.15) is 0 Å². The molecule has 5 heteroatoms. The summed E-state index contributed by atoms with van der Waals surface area (Å²) in [6.07, 6.45) is 0.766. The lowest BCUT2D eigenvalue weighted by Crippen LogP contribution is -2.53. The van der Waals surface area contributed by atoms with Crippen molar-refractivity contribution >= 4 is 5.97 Å². The van der Waals surface area contributed by atoms with Gasteiger partial charge in [0.2, 0.25) is 0 Å². The number of nitrogens with one attached hydrogen (secondary N) is 1. The number of hydrogen-bond acceptors (Lipinski definition) is 4. The van der Waals surface area contributed by atoms with Crippen LogP contribution >= 0.6 is 0 Å². The highest BCUT2D eigenvalue weighted by atomic mass is 16.5. The first-order valence-electron chi connectivity index (χ1n) is 5.52. The highest BCUT2D eigenvalue weighted by Gasteiger charge is 2.30. The van der Waals surface area contributed by atoms with Crippen molar-refractivity contribution < 1.29 is 14.6 Å². The van der Waals surface area contributed by atoms with Gasteiger partial charge in [0.15, 0.2) is 0 Å². The molecule has 0 radical (unpaired) electrons. The van der Waals surface area contributed by atoms with E-state index in [4.69, 9.17) is 9.84 Å². The third kappa shape index (κ3) is 2.68. The average Bonchev–Trinajstić information content (AvgIpc) is 2.30. The lowest BCUT2D eigenvalue weighted by molar-refractivity contribution is -0.143. The lowest BCUT2D eigenvalue weighted by Gasteiger charge is -2.38. The fourth-order valence-electron chi connectivity index (χ4n) is 2.33. The summed E-state index contributed by atoms with van der Waals surface area (Å²) in [5, 5.41) is 12.2. The van der Waals surface area contributed by atoms with Crippen LogP contribution in [0.3, 0.4) is 0 Å². The molecule has 0 spiro atoms. The average molecular weight is 214 g/mol. The highest BCUT2D eigenvalue weighted by molar-refractivity contribution is 5.70. The van der Waals surface area contributed by atoms with Crippen LogP contribution in [0.1, 0.15) is 6.42 Å². The van der Waals surface area contributed by atoms with Crippen LogP contribution in [0.5, 0.6) is 0 Å². The second kappa shape index (κ2) is 4.92. The molecule has 2 saturated heterocycles. The minimum absolute atomic E-state index is 0.230. The van der Waals surface area contributed by atoms with Gasteiger partial charge >= 0.3 is 5.97 Å². The molecule has 15 heavy (non-hydrogen) atoms. The van der Waals surface area contributed by atoms with Crippen molar-refractivity contribution in [3.63, 3.8) is 0 Å². The summed E-state index contributed by atoms with van der Waals surface area (Å²) in [5.74, 6) is -0.910. The molecule has 0 bridgehead atoms. The Morgan fingerprint density at radius 1 is 1.33 bits per heavy atom. The van der Waals surface area contributed by atoms with Crippen molar-refractivity contribution in [3.05, 3.63) is 0 Å². The van der Waals surface area contributed by atoms with Gasteiger partial charge in [-0.25, -0.2) is 0 Å². The van der Waals surface area contributed by atoms with Crippen molar-refractivity contribution in [2.75, 3.05) is 39.4 Å². The highest BCUT2D eigenvalue weighted by Crippen LogP contribution is 2.17. The predicted molar refractivity (Wildman–Crippen MR) is 54.8 cm³/mol. The van der Waals surface area contributed by atoms with Gasteiger partial charge in [-0.15, -0.1) is 0 Å². The fourth-order valence-corrected chi connectivity index (χ4v) is 2.33. The zero-order chi connectivity index (χ0) is 10.7. The van der Waals surface area contributed by atoms with Crippen molar-refractivity contribution in [2.24, 2.45) is 5.92 Å². The van der Waals surface area contributed by atoms with Gasteiger partial charge < -0.3 is 15.2 Å². The zero-order valence-corrected chi connectivity index (χ0v) is 8.82. The quantitative estimate of drug-likeness (QED) is 0.641. The molecule has 2 aliphatic rings. The molecule has 0 aromatic heterocycles. The van der Waals surface area contributed by atoms with Gasteiger partial charge in [0.05, 0.1) is 19.1 Å². The van der Waals surface area contributed by atoms with Gasteiger partial charge in [-0.2, -0.15) is 0 Å². The smallest absolute Gasteiger partial charge is 0.307 e. The first-order valence-corrected chi connectivity index (χ1v) is 5.52. The third-order valence-corrected chi connectivity index (χ3v) is 3.24. The van der Waals surface area contributed by atoms with Crippen LogP contribution < -0.4 is 5.32 Å². The molecule has 0 aromatic rings. The number of morpholine rings is 1. The van der Waals surface area contributed by atoms with Gasteiger partial charge in [-0.3, -0.25) is 9.69 Å². The molecule has 0 aliphatic carbocycles. The zero-order valence-electron chi connectivity index (χ0n) is 8.82. The van der Waals surface area contributed by atoms with E-state index < -0.39 is 5.97 Å². The number of hydrogen-bond donors (Lipinski definition) is 2. The first kappa shape index (κ1) is 10.9. The molecule has 86 valence electrons. The van der Waals surface area contributed by atoms with E-state index in [9.17, 15) is 4.79 Å². The summed E-state index contributed by atoms with van der Waals surface area (Å²) in [5.41, 5.74) is 0. The number of piperidine rings is 1. The van der Waals surface area contributed by atoms with Crippen LogP contribution in [0.25, 0.3) is 0 Å². The summed E-state index contributed by atoms with van der Waals surface area (Å²) in [6, 6.07) is 0.365. The summed E-state index contributed by atoms with van der Waals surface area (Å²) in [6.45, 7) is 4.92. The van der Waals surface area contributed by atoms with Crippen LogP contribution in [0.4, 0.5) is 0 Å². The van der Waals surface area contributed by atoms with Crippen LogP contribution in [0.2, 0.25) is 0 Å². The van der Waals surface area contributed by atoms with E-state index in [0.29, 0.717) is 12.6 Å². The Kier molecular flexibility index (Phi) is 3.56. The minimum Gasteiger partial charge on any atom is -0.481 e. The number of nitrogens with zero attached hydrogens (tertiary/aromatic N) is 1. The number of carboxylic acids is 1. The normalized spacial score (nSPS) is 33.9. The van der Waals surface area contributed by atoms with E-state index in [2.05, 4.69) is 10.2 Å². The van der Waals surface area contributed by atoms with E-state index in [1.807, 2.05) is 0 Å². The molecule has 0 saturated carbocycles. The topological polar surface area (TPSA) is 61.8 Å². The molecule has 0 unspecified atom stereocenters. The van der Waals surface area contributed by atoms with Crippen molar-refractivity contribution in [1.29, 1.82) is 0 Å². The van der Waals surface area contributed by atoms with Gasteiger partial charge in [-0.05, 0) is 6.42 Å². The number of carbonyl (C=O) groups is 1. The monoisotopic (exact) mass is 214 g/mol. The maximum absolute atomic E-state index is 10.9. The second-order valence-electron chi connectivity index (χ2n) is 4.23. The molecular weight excluding hydrogens is 196 g/mol. The lowest BCUT2D eigenvalue weighted by atomic mass is 9.94. The maximum atomic E-state index is 10.9. The molecule has 0 amide bonds. The second-order valence-corrected chi connectivity index (χ2v) is 4.23. The Bertz CT molecular complexity index is 229. The van der Waals surface area contributed by atoms with E-state index in [-0.39, 0.29) is 5.92 Å². The fraction of sp³-hybridized carbons (Fsp3) is 0.900. The van der Waals surface area contributed by atoms with E-state index in [1.165, 1.54) is 0 Å². The van der Waals surface area contributed by atoms with Crippen LogP contribution in [-0.4, -0.2) is 61.4 Å². The molecule has 2 N–H and O–H groups in total. The number of aliphatic carboxylic acids is 1. The van der Waals surface area contributed by atoms with E-state index >= 15 is 0 Å². The summed E-state index contributed by atoms with van der Waals surface area (Å²) >= 11 is 0. The molecule has 2 aliphatic heterocycles. The Morgan fingerprint density at radius 3 is 2.73 bits per heavy atom. The first-order chi connectivity index (χ1) is 7.27. The molecule has 2 atom stereocenters. The van der Waals surface area contributed by atoms with Gasteiger partial charge in [0.25, 0.3) is 0 Å². The number of rotatable bonds is 2. The Hall–Kier alpha value is -0.650. The number of carboxylic acid groups (broad SMARTS) is 1. The summed E-state index contributed by atoms with van der Waals surface area (Å²) in [4.78, 5) is 13.2. The summed E-state index contributed by atoms with van der Waals surface area (Å²) in [7, 11) is 0. The Morgan fingerprint density at radius 2 is 2.07 bits per heavy atom. The molecule has 5 nitrogen and oxygen atoms in total. The van der Waals surface area contributed by atoms with Crippen LogP contribution in [0.15, 0.2) is 0 Å². The van der Waals surface area contributed by atoms with Crippen molar-refractivity contribution in [2.45, 2.75) is 12.5 Å². The number of ether oxygens (including phenoxy) is 1. The Balaban J connectivity index is 1.88. The van der Waals surface area contributed by atoms with Crippen molar-refractivity contribution in [3.8, 4) is 0 Å². The molecular formula is C10H18N2O3. The molecule has 2 heterocycles. The van der Waals surface area contributed by atoms with Crippen LogP contribution in [-0.2, 0) is 9.53 Å². The standard InChI is InChI=1S/C10H18N2O3/c13-10(14)8-5-9(7-11-6-8)12-1-3-15-4-2-12/h8-9,11H,1-7H2,(H,13,14)/t8-,9+/m0/s1. The third-order valence-electron chi connectivity index (χ3n) is 3.24. The van der Waals surface area contributed by atoms with Gasteiger partial charge in [0, 0.05) is 32.2 Å². The van der Waals surface area contributed by atoms with Crippen LogP contribution in [0, 0.1) is 5.92 Å². The largest absolute Gasteiger partial charge is 0.481 e. The maximum Gasteiger partial charge on any atom is 0.307 e.